The summed E-state index contributed by atoms with van der Waals surface area (Å²) in [7, 11) is 0. The molecule has 2 N–H and O–H groups in total. The highest BCUT2D eigenvalue weighted by molar-refractivity contribution is 6.30. The van der Waals surface area contributed by atoms with Gasteiger partial charge in [0.05, 0.1) is 0 Å². The molecule has 0 aliphatic carbocycles. The molecular formula is C22H22ClN5O. The highest BCUT2D eigenvalue weighted by atomic mass is 35.5. The Morgan fingerprint density at radius 1 is 1.17 bits per heavy atom. The number of amides is 1. The van der Waals surface area contributed by atoms with E-state index >= 15 is 0 Å². The number of hydrogen-bond acceptors (Lipinski definition) is 4. The van der Waals surface area contributed by atoms with Crippen LogP contribution in [0.4, 0.5) is 11.9 Å². The van der Waals surface area contributed by atoms with Gasteiger partial charge in [-0.05, 0) is 42.7 Å². The molecule has 1 aliphatic rings. The molecule has 0 bridgehead atoms. The van der Waals surface area contributed by atoms with E-state index < -0.39 is 0 Å². The molecule has 1 amide bonds. The lowest BCUT2D eigenvalue weighted by Crippen LogP contribution is -2.20. The van der Waals surface area contributed by atoms with E-state index in [4.69, 9.17) is 11.6 Å². The van der Waals surface area contributed by atoms with E-state index in [1.165, 1.54) is 5.56 Å². The first-order valence-electron chi connectivity index (χ1n) is 9.61. The molecular weight excluding hydrogens is 386 g/mol. The second-order valence-corrected chi connectivity index (χ2v) is 7.51. The largest absolute Gasteiger partial charge is 0.324 e. The molecule has 0 spiro atoms. The van der Waals surface area contributed by atoms with Crippen molar-refractivity contribution >= 4 is 35.1 Å². The minimum atomic E-state index is -0.151. The zero-order chi connectivity index (χ0) is 20.4. The summed E-state index contributed by atoms with van der Waals surface area (Å²) in [5.74, 6) is 0.789. The summed E-state index contributed by atoms with van der Waals surface area (Å²) in [6.45, 7) is 4.02. The van der Waals surface area contributed by atoms with Crippen LogP contribution in [0.3, 0.4) is 0 Å². The lowest BCUT2D eigenvalue weighted by molar-refractivity contribution is -0.116. The van der Waals surface area contributed by atoms with Crippen LogP contribution in [-0.4, -0.2) is 20.7 Å². The molecule has 1 atom stereocenters. The zero-order valence-electron chi connectivity index (χ0n) is 16.3. The minimum Gasteiger partial charge on any atom is -0.324 e. The van der Waals surface area contributed by atoms with E-state index in [0.29, 0.717) is 23.3 Å². The molecule has 4 rings (SSSR count). The van der Waals surface area contributed by atoms with Gasteiger partial charge < -0.3 is 5.32 Å². The SMILES string of the molecule is CCCC(=O)Nc1nc2n(n1)[C@@H](c1ccc(C)cc1)C=C(c1ccc(Cl)cc1)N2. The van der Waals surface area contributed by atoms with E-state index in [-0.39, 0.29) is 11.9 Å². The number of nitrogens with one attached hydrogen (secondary N) is 2. The van der Waals surface area contributed by atoms with E-state index in [2.05, 4.69) is 58.0 Å². The lowest BCUT2D eigenvalue weighted by atomic mass is 10.0. The van der Waals surface area contributed by atoms with Crippen molar-refractivity contribution < 1.29 is 4.79 Å². The van der Waals surface area contributed by atoms with Crippen LogP contribution in [0.5, 0.6) is 0 Å². The molecule has 0 fully saturated rings. The molecule has 0 radical (unpaired) electrons. The summed E-state index contributed by atoms with van der Waals surface area (Å²) in [4.78, 5) is 16.5. The number of halogens is 1. The van der Waals surface area contributed by atoms with Gasteiger partial charge in [-0.2, -0.15) is 4.98 Å². The summed E-state index contributed by atoms with van der Waals surface area (Å²) >= 11 is 6.04. The summed E-state index contributed by atoms with van der Waals surface area (Å²) in [6.07, 6.45) is 3.31. The maximum absolute atomic E-state index is 12.0. The number of allylic oxidation sites excluding steroid dienone is 1. The molecule has 2 aromatic carbocycles. The van der Waals surface area contributed by atoms with Crippen LogP contribution in [-0.2, 0) is 4.79 Å². The molecule has 1 aromatic heterocycles. The molecule has 2 heterocycles. The maximum Gasteiger partial charge on any atom is 0.250 e. The van der Waals surface area contributed by atoms with Gasteiger partial charge in [-0.15, -0.1) is 5.10 Å². The predicted octanol–water partition coefficient (Wildman–Crippen LogP) is 5.03. The number of aryl methyl sites for hydroxylation is 1. The first-order chi connectivity index (χ1) is 14.0. The van der Waals surface area contributed by atoms with Crippen molar-refractivity contribution in [3.05, 3.63) is 76.3 Å². The van der Waals surface area contributed by atoms with E-state index in [1.807, 2.05) is 31.2 Å². The summed E-state index contributed by atoms with van der Waals surface area (Å²) in [6, 6.07) is 15.8. The fourth-order valence-electron chi connectivity index (χ4n) is 3.26. The number of aromatic nitrogens is 3. The average molecular weight is 408 g/mol. The highest BCUT2D eigenvalue weighted by Crippen LogP contribution is 2.33. The first kappa shape index (κ1) is 19.2. The Bertz CT molecular complexity index is 1050. The second-order valence-electron chi connectivity index (χ2n) is 7.07. The monoisotopic (exact) mass is 407 g/mol. The number of fused-ring (bicyclic) bond motifs is 1. The summed E-state index contributed by atoms with van der Waals surface area (Å²) in [5.41, 5.74) is 4.19. The van der Waals surface area contributed by atoms with Gasteiger partial charge >= 0.3 is 0 Å². The van der Waals surface area contributed by atoms with E-state index in [9.17, 15) is 4.79 Å². The van der Waals surface area contributed by atoms with Crippen LogP contribution in [0.15, 0.2) is 54.6 Å². The van der Waals surface area contributed by atoms with Gasteiger partial charge in [0.15, 0.2) is 0 Å². The van der Waals surface area contributed by atoms with Crippen molar-refractivity contribution in [2.24, 2.45) is 0 Å². The van der Waals surface area contributed by atoms with Gasteiger partial charge in [-0.3, -0.25) is 10.1 Å². The fraction of sp³-hybridized carbons (Fsp3) is 0.227. The third kappa shape index (κ3) is 4.17. The third-order valence-corrected chi connectivity index (χ3v) is 5.02. The van der Waals surface area contributed by atoms with Crippen molar-refractivity contribution in [3.63, 3.8) is 0 Å². The number of benzene rings is 2. The number of nitrogens with zero attached hydrogens (tertiary/aromatic N) is 3. The minimum absolute atomic E-state index is 0.0896. The number of carbonyl (C=O) groups is 1. The summed E-state index contributed by atoms with van der Waals surface area (Å²) in [5, 5.41) is 11.3. The Labute approximate surface area is 174 Å². The highest BCUT2D eigenvalue weighted by Gasteiger charge is 2.25. The van der Waals surface area contributed by atoms with Crippen molar-refractivity contribution in [1.82, 2.24) is 14.8 Å². The van der Waals surface area contributed by atoms with Gasteiger partial charge in [-0.1, -0.05) is 60.5 Å². The molecule has 0 unspecified atom stereocenters. The number of rotatable bonds is 5. The molecule has 0 saturated heterocycles. The zero-order valence-corrected chi connectivity index (χ0v) is 17.1. The molecule has 148 valence electrons. The molecule has 6 nitrogen and oxygen atoms in total. The van der Waals surface area contributed by atoms with Crippen LogP contribution in [0.2, 0.25) is 5.02 Å². The Balaban J connectivity index is 1.73. The number of anilines is 2. The Morgan fingerprint density at radius 3 is 2.59 bits per heavy atom. The standard InChI is InChI=1S/C22H22ClN5O/c1-3-4-20(29)25-21-26-22-24-18(15-9-11-17(23)12-10-15)13-19(28(22)27-21)16-7-5-14(2)6-8-16/h5-13,19H,3-4H2,1-2H3,(H2,24,25,26,27,29)/t19-/m1/s1. The fourth-order valence-corrected chi connectivity index (χ4v) is 3.39. The maximum atomic E-state index is 12.0. The van der Waals surface area contributed by atoms with Crippen LogP contribution in [0.25, 0.3) is 5.70 Å². The first-order valence-corrected chi connectivity index (χ1v) is 9.99. The molecule has 29 heavy (non-hydrogen) atoms. The topological polar surface area (TPSA) is 71.8 Å². The van der Waals surface area contributed by atoms with Crippen LogP contribution in [0, 0.1) is 6.92 Å². The van der Waals surface area contributed by atoms with Crippen molar-refractivity contribution in [1.29, 1.82) is 0 Å². The lowest BCUT2D eigenvalue weighted by Gasteiger charge is -2.24. The molecule has 7 heteroatoms. The van der Waals surface area contributed by atoms with Crippen molar-refractivity contribution in [2.75, 3.05) is 10.6 Å². The number of hydrogen-bond donors (Lipinski definition) is 2. The second kappa shape index (κ2) is 8.09. The van der Waals surface area contributed by atoms with Gasteiger partial charge in [-0.25, -0.2) is 4.68 Å². The Morgan fingerprint density at radius 2 is 1.90 bits per heavy atom. The van der Waals surface area contributed by atoms with Crippen LogP contribution < -0.4 is 10.6 Å². The quantitative estimate of drug-likeness (QED) is 0.621. The van der Waals surface area contributed by atoms with E-state index in [0.717, 1.165) is 23.2 Å². The Hall–Kier alpha value is -3.12. The average Bonchev–Trinajstić information content (AvgIpc) is 3.11. The van der Waals surface area contributed by atoms with Gasteiger partial charge in [0.1, 0.15) is 6.04 Å². The molecule has 1 aliphatic heterocycles. The van der Waals surface area contributed by atoms with Crippen molar-refractivity contribution in [2.45, 2.75) is 32.7 Å². The molecule has 3 aromatic rings. The van der Waals surface area contributed by atoms with Crippen LogP contribution in [0.1, 0.15) is 42.5 Å². The van der Waals surface area contributed by atoms with Crippen molar-refractivity contribution in [3.8, 4) is 0 Å². The van der Waals surface area contributed by atoms with Crippen LogP contribution >= 0.6 is 11.6 Å². The van der Waals surface area contributed by atoms with Gasteiger partial charge in [0.2, 0.25) is 11.9 Å². The Kier molecular flexibility index (Phi) is 5.36. The van der Waals surface area contributed by atoms with Gasteiger partial charge in [0, 0.05) is 17.1 Å². The predicted molar refractivity (Wildman–Crippen MR) is 116 cm³/mol. The smallest absolute Gasteiger partial charge is 0.250 e. The normalized spacial score (nSPS) is 15.3. The summed E-state index contributed by atoms with van der Waals surface area (Å²) < 4.78 is 1.80. The van der Waals surface area contributed by atoms with Gasteiger partial charge in [0.25, 0.3) is 5.95 Å². The number of carbonyl (C=O) groups excluding carboxylic acids is 1. The third-order valence-electron chi connectivity index (χ3n) is 4.77. The van der Waals surface area contributed by atoms with E-state index in [1.54, 1.807) is 4.68 Å². The molecule has 0 saturated carbocycles.